The largest absolute Gasteiger partial charge is 0.494 e. The number of hydrogen-bond donors (Lipinski definition) is 0. The number of hydrogen-bond acceptors (Lipinski definition) is 8. The predicted octanol–water partition coefficient (Wildman–Crippen LogP) is 4.55. The zero-order valence-electron chi connectivity index (χ0n) is 21.7. The number of para-hydroxylation sites is 1. The number of imide groups is 1. The minimum absolute atomic E-state index is 0.359. The van der Waals surface area contributed by atoms with Crippen molar-refractivity contribution in [2.45, 2.75) is 25.5 Å². The highest BCUT2D eigenvalue weighted by molar-refractivity contribution is 6.24. The highest BCUT2D eigenvalue weighted by Crippen LogP contribution is 2.52. The number of benzene rings is 3. The summed E-state index contributed by atoms with van der Waals surface area (Å²) in [4.78, 5) is 35.0. The molecule has 0 N–H and O–H groups in total. The van der Waals surface area contributed by atoms with E-state index in [0.29, 0.717) is 46.5 Å². The molecule has 3 aromatic rings. The summed E-state index contributed by atoms with van der Waals surface area (Å²) in [6, 6.07) is 19.2. The minimum atomic E-state index is -1.01. The number of amides is 2. The molecule has 0 radical (unpaired) electrons. The second-order valence-electron chi connectivity index (χ2n) is 8.94. The smallest absolute Gasteiger partial charge is 0.266 e. The van der Waals surface area contributed by atoms with Gasteiger partial charge >= 0.3 is 0 Å². The molecule has 3 aromatic carbocycles. The van der Waals surface area contributed by atoms with Gasteiger partial charge in [0.25, 0.3) is 5.91 Å². The molecule has 38 heavy (non-hydrogen) atoms. The van der Waals surface area contributed by atoms with Crippen LogP contribution in [0.3, 0.4) is 0 Å². The molecule has 9 heteroatoms. The lowest BCUT2D eigenvalue weighted by molar-refractivity contribution is -0.126. The molecule has 2 amide bonds. The predicted molar refractivity (Wildman–Crippen MR) is 141 cm³/mol. The maximum atomic E-state index is 14.0. The van der Waals surface area contributed by atoms with Crippen molar-refractivity contribution in [2.24, 2.45) is 5.92 Å². The van der Waals surface area contributed by atoms with Gasteiger partial charge in [0, 0.05) is 5.56 Å². The number of ether oxygens (including phenoxy) is 4. The average molecular weight is 519 g/mol. The molecule has 2 aliphatic rings. The molecule has 0 aromatic heterocycles. The van der Waals surface area contributed by atoms with E-state index in [4.69, 9.17) is 23.8 Å². The SMILES string of the molecule is CCCOc1ccc(N2C(=O)[C@@H]3[C@@H](c4ccc(OC)c(OC)c4OC)N(c4ccccc4)O[C@H]3C2=O)cc1. The summed E-state index contributed by atoms with van der Waals surface area (Å²) in [7, 11) is 4.58. The van der Waals surface area contributed by atoms with E-state index in [1.165, 1.54) is 26.2 Å². The van der Waals surface area contributed by atoms with Gasteiger partial charge < -0.3 is 18.9 Å². The van der Waals surface area contributed by atoms with Crippen LogP contribution >= 0.6 is 0 Å². The van der Waals surface area contributed by atoms with Gasteiger partial charge in [-0.05, 0) is 55.0 Å². The zero-order chi connectivity index (χ0) is 26.8. The summed E-state index contributed by atoms with van der Waals surface area (Å²) in [5.74, 6) is 0.335. The molecule has 2 heterocycles. The molecule has 0 spiro atoms. The maximum absolute atomic E-state index is 14.0. The van der Waals surface area contributed by atoms with Crippen LogP contribution < -0.4 is 28.9 Å². The molecule has 2 saturated heterocycles. The molecule has 0 unspecified atom stereocenters. The van der Waals surface area contributed by atoms with Gasteiger partial charge in [-0.2, -0.15) is 0 Å². The van der Waals surface area contributed by atoms with E-state index in [0.717, 1.165) is 6.42 Å². The van der Waals surface area contributed by atoms with E-state index in [2.05, 4.69) is 0 Å². The number of carbonyl (C=O) groups is 2. The standard InChI is InChI=1S/C29H30N2O7/c1-5-17-37-20-13-11-18(12-14-20)30-28(32)23-24(21-15-16-22(34-2)26(36-4)25(21)35-3)31(38-27(23)29(30)33)19-9-7-6-8-10-19/h6-16,23-24,27H,5,17H2,1-4H3/t23-,24-,27-/m1/s1. The number of carbonyl (C=O) groups excluding carboxylic acids is 2. The highest BCUT2D eigenvalue weighted by atomic mass is 16.7. The molecule has 9 nitrogen and oxygen atoms in total. The summed E-state index contributed by atoms with van der Waals surface area (Å²) >= 11 is 0. The highest BCUT2D eigenvalue weighted by Gasteiger charge is 2.61. The molecule has 0 aliphatic carbocycles. The van der Waals surface area contributed by atoms with Gasteiger partial charge in [-0.15, -0.1) is 0 Å². The fourth-order valence-corrected chi connectivity index (χ4v) is 5.05. The van der Waals surface area contributed by atoms with Crippen LogP contribution in [0.25, 0.3) is 0 Å². The fourth-order valence-electron chi connectivity index (χ4n) is 5.05. The van der Waals surface area contributed by atoms with Crippen LogP contribution in [-0.2, 0) is 14.4 Å². The molecule has 0 bridgehead atoms. The van der Waals surface area contributed by atoms with Crippen molar-refractivity contribution in [1.82, 2.24) is 0 Å². The third-order valence-corrected chi connectivity index (χ3v) is 6.75. The van der Waals surface area contributed by atoms with Gasteiger partial charge in [0.05, 0.1) is 39.3 Å². The maximum Gasteiger partial charge on any atom is 0.266 e. The third-order valence-electron chi connectivity index (χ3n) is 6.75. The van der Waals surface area contributed by atoms with Gasteiger partial charge in [-0.3, -0.25) is 14.4 Å². The number of nitrogens with zero attached hydrogens (tertiary/aromatic N) is 2. The first-order valence-electron chi connectivity index (χ1n) is 12.4. The van der Waals surface area contributed by atoms with E-state index in [9.17, 15) is 9.59 Å². The van der Waals surface area contributed by atoms with E-state index >= 15 is 0 Å². The van der Waals surface area contributed by atoms with E-state index in [-0.39, 0.29) is 5.91 Å². The lowest BCUT2D eigenvalue weighted by Crippen LogP contribution is -2.37. The first-order valence-corrected chi connectivity index (χ1v) is 12.4. The van der Waals surface area contributed by atoms with Crippen molar-refractivity contribution >= 4 is 23.2 Å². The Labute approximate surface area is 221 Å². The lowest BCUT2D eigenvalue weighted by atomic mass is 9.89. The monoisotopic (exact) mass is 518 g/mol. The number of hydroxylamine groups is 1. The Bertz CT molecular complexity index is 1310. The summed E-state index contributed by atoms with van der Waals surface area (Å²) < 4.78 is 22.5. The summed E-state index contributed by atoms with van der Waals surface area (Å²) in [6.07, 6.45) is -0.133. The quantitative estimate of drug-likeness (QED) is 0.382. The topological polar surface area (TPSA) is 86.8 Å². The number of methoxy groups -OCH3 is 3. The van der Waals surface area contributed by atoms with Crippen molar-refractivity contribution < 1.29 is 33.4 Å². The second-order valence-corrected chi connectivity index (χ2v) is 8.94. The van der Waals surface area contributed by atoms with Crippen LogP contribution in [0.4, 0.5) is 11.4 Å². The Balaban J connectivity index is 1.58. The number of rotatable bonds is 9. The molecule has 0 saturated carbocycles. The molecule has 2 aliphatic heterocycles. The van der Waals surface area contributed by atoms with Gasteiger partial charge in [0.2, 0.25) is 11.7 Å². The van der Waals surface area contributed by atoms with Crippen LogP contribution in [0.15, 0.2) is 66.7 Å². The molecule has 5 rings (SSSR count). The van der Waals surface area contributed by atoms with E-state index in [1.54, 1.807) is 35.4 Å². The Morgan fingerprint density at radius 2 is 1.50 bits per heavy atom. The van der Waals surface area contributed by atoms with E-state index < -0.39 is 24.0 Å². The molecular weight excluding hydrogens is 488 g/mol. The zero-order valence-corrected chi connectivity index (χ0v) is 21.7. The van der Waals surface area contributed by atoms with Crippen molar-refractivity contribution in [3.05, 3.63) is 72.3 Å². The van der Waals surface area contributed by atoms with Gasteiger partial charge in [0.1, 0.15) is 17.7 Å². The molecular formula is C29H30N2O7. The molecule has 3 atom stereocenters. The third kappa shape index (κ3) is 4.18. The van der Waals surface area contributed by atoms with Gasteiger partial charge in [-0.1, -0.05) is 25.1 Å². The molecule has 198 valence electrons. The van der Waals surface area contributed by atoms with Crippen molar-refractivity contribution in [3.63, 3.8) is 0 Å². The van der Waals surface area contributed by atoms with Crippen LogP contribution in [0.2, 0.25) is 0 Å². The van der Waals surface area contributed by atoms with Crippen LogP contribution in [0.1, 0.15) is 24.9 Å². The van der Waals surface area contributed by atoms with Crippen LogP contribution in [-0.4, -0.2) is 45.9 Å². The summed E-state index contributed by atoms with van der Waals surface area (Å²) in [5, 5.41) is 1.62. The Hall–Kier alpha value is -4.24. The average Bonchev–Trinajstić information content (AvgIpc) is 3.47. The number of anilines is 2. The van der Waals surface area contributed by atoms with Gasteiger partial charge in [0.15, 0.2) is 17.6 Å². The van der Waals surface area contributed by atoms with Crippen LogP contribution in [0, 0.1) is 5.92 Å². The Morgan fingerprint density at radius 1 is 0.789 bits per heavy atom. The normalized spacial score (nSPS) is 20.5. The lowest BCUT2D eigenvalue weighted by Gasteiger charge is -2.30. The van der Waals surface area contributed by atoms with Gasteiger partial charge in [-0.25, -0.2) is 9.96 Å². The minimum Gasteiger partial charge on any atom is -0.494 e. The van der Waals surface area contributed by atoms with Crippen molar-refractivity contribution in [3.8, 4) is 23.0 Å². The fraction of sp³-hybridized carbons (Fsp3) is 0.310. The second kappa shape index (κ2) is 10.6. The first kappa shape index (κ1) is 25.4. The first-order chi connectivity index (χ1) is 18.5. The summed E-state index contributed by atoms with van der Waals surface area (Å²) in [5.41, 5.74) is 1.80. The van der Waals surface area contributed by atoms with Crippen molar-refractivity contribution in [1.29, 1.82) is 0 Å². The van der Waals surface area contributed by atoms with Crippen molar-refractivity contribution in [2.75, 3.05) is 37.9 Å². The Morgan fingerprint density at radius 3 is 2.13 bits per heavy atom. The number of fused-ring (bicyclic) bond motifs is 1. The Kier molecular flexibility index (Phi) is 7.11. The van der Waals surface area contributed by atoms with E-state index in [1.807, 2.05) is 43.3 Å². The summed E-state index contributed by atoms with van der Waals surface area (Å²) in [6.45, 7) is 2.61. The van der Waals surface area contributed by atoms with Crippen LogP contribution in [0.5, 0.6) is 23.0 Å². The molecule has 2 fully saturated rings.